The number of nitrogens with one attached hydrogen (secondary N) is 2. The summed E-state index contributed by atoms with van der Waals surface area (Å²) in [7, 11) is 0. The first-order valence-corrected chi connectivity index (χ1v) is 11.0. The van der Waals surface area contributed by atoms with Gasteiger partial charge in [0.2, 0.25) is 11.8 Å². The van der Waals surface area contributed by atoms with Crippen LogP contribution in [0.3, 0.4) is 0 Å². The number of nitrogens with zero attached hydrogens (tertiary/aromatic N) is 1. The Kier molecular flexibility index (Phi) is 6.07. The van der Waals surface area contributed by atoms with Crippen molar-refractivity contribution in [3.8, 4) is 0 Å². The number of carbonyl (C=O) groups excluding carboxylic acids is 3. The Bertz CT molecular complexity index is 1010. The molecule has 1 aliphatic carbocycles. The lowest BCUT2D eigenvalue weighted by molar-refractivity contribution is -0.122. The molecule has 3 amide bonds. The smallest absolute Gasteiger partial charge is 0.253 e. The third-order valence-electron chi connectivity index (χ3n) is 6.42. The van der Waals surface area contributed by atoms with Crippen molar-refractivity contribution in [2.75, 3.05) is 16.8 Å². The molecule has 4 rings (SSSR count). The Balaban J connectivity index is 1.44. The zero-order valence-electron chi connectivity index (χ0n) is 18.1. The monoisotopic (exact) mass is 419 g/mol. The molecule has 1 saturated heterocycles. The summed E-state index contributed by atoms with van der Waals surface area (Å²) in [4.78, 5) is 40.0. The van der Waals surface area contributed by atoms with E-state index in [2.05, 4.69) is 10.6 Å². The van der Waals surface area contributed by atoms with Crippen LogP contribution in [0.1, 0.15) is 53.6 Å². The van der Waals surface area contributed by atoms with E-state index in [-0.39, 0.29) is 30.2 Å². The van der Waals surface area contributed by atoms with Crippen LogP contribution in [0.2, 0.25) is 0 Å². The van der Waals surface area contributed by atoms with Crippen molar-refractivity contribution < 1.29 is 14.4 Å². The van der Waals surface area contributed by atoms with Crippen LogP contribution in [0.4, 0.5) is 11.4 Å². The van der Waals surface area contributed by atoms with E-state index in [1.54, 1.807) is 29.2 Å². The minimum atomic E-state index is -0.458. The second kappa shape index (κ2) is 8.92. The molecule has 1 saturated carbocycles. The van der Waals surface area contributed by atoms with Gasteiger partial charge in [-0.1, -0.05) is 31.0 Å². The largest absolute Gasteiger partial charge is 0.349 e. The molecule has 1 aliphatic heterocycles. The molecule has 1 atom stereocenters. The van der Waals surface area contributed by atoms with Crippen molar-refractivity contribution in [3.05, 3.63) is 59.2 Å². The summed E-state index contributed by atoms with van der Waals surface area (Å²) in [5.74, 6) is -0.918. The van der Waals surface area contributed by atoms with Crippen molar-refractivity contribution in [2.45, 2.75) is 52.0 Å². The molecule has 162 valence electrons. The van der Waals surface area contributed by atoms with Crippen LogP contribution < -0.4 is 15.5 Å². The maximum absolute atomic E-state index is 13.0. The van der Waals surface area contributed by atoms with Gasteiger partial charge in [0.05, 0.1) is 17.2 Å². The van der Waals surface area contributed by atoms with Crippen LogP contribution in [-0.2, 0) is 9.59 Å². The first kappa shape index (κ1) is 21.1. The van der Waals surface area contributed by atoms with Gasteiger partial charge in [-0.15, -0.1) is 0 Å². The van der Waals surface area contributed by atoms with Gasteiger partial charge in [0.1, 0.15) is 0 Å². The van der Waals surface area contributed by atoms with Gasteiger partial charge in [-0.2, -0.15) is 0 Å². The Morgan fingerprint density at radius 1 is 1.00 bits per heavy atom. The quantitative estimate of drug-likeness (QED) is 0.770. The van der Waals surface area contributed by atoms with Crippen molar-refractivity contribution >= 4 is 29.1 Å². The molecule has 2 aromatic rings. The standard InChI is InChI=1S/C25H29N3O3/c1-16-11-12-20(13-17(16)2)28-15-18(14-23(28)29)24(30)27-22-10-6-5-9-21(22)25(31)26-19-7-3-4-8-19/h5-6,9-13,18-19H,3-4,7-8,14-15H2,1-2H3,(H,26,31)(H,27,30)/t18-/m1/s1. The summed E-state index contributed by atoms with van der Waals surface area (Å²) < 4.78 is 0. The van der Waals surface area contributed by atoms with Crippen molar-refractivity contribution in [1.29, 1.82) is 0 Å². The molecule has 0 unspecified atom stereocenters. The van der Waals surface area contributed by atoms with Gasteiger partial charge in [-0.25, -0.2) is 0 Å². The zero-order valence-corrected chi connectivity index (χ0v) is 18.1. The van der Waals surface area contributed by atoms with Crippen molar-refractivity contribution in [2.24, 2.45) is 5.92 Å². The summed E-state index contributed by atoms with van der Waals surface area (Å²) in [5, 5.41) is 5.96. The molecule has 0 spiro atoms. The lowest BCUT2D eigenvalue weighted by Crippen LogP contribution is -2.34. The molecule has 0 aromatic heterocycles. The number of carbonyl (C=O) groups is 3. The number of anilines is 2. The molecule has 31 heavy (non-hydrogen) atoms. The summed E-state index contributed by atoms with van der Waals surface area (Å²) in [5.41, 5.74) is 4.04. The van der Waals surface area contributed by atoms with Gasteiger partial charge >= 0.3 is 0 Å². The van der Waals surface area contributed by atoms with Crippen LogP contribution in [0.15, 0.2) is 42.5 Å². The number of amides is 3. The average molecular weight is 420 g/mol. The first-order chi connectivity index (χ1) is 14.9. The predicted molar refractivity (Wildman–Crippen MR) is 121 cm³/mol. The molecule has 0 bridgehead atoms. The van der Waals surface area contributed by atoms with Gasteiger partial charge in [0.25, 0.3) is 5.91 Å². The summed E-state index contributed by atoms with van der Waals surface area (Å²) in [6.07, 6.45) is 4.43. The molecule has 1 heterocycles. The van der Waals surface area contributed by atoms with Gasteiger partial charge in [-0.05, 0) is 62.1 Å². The fraction of sp³-hybridized carbons (Fsp3) is 0.400. The molecule has 2 aliphatic rings. The molecule has 2 aromatic carbocycles. The van der Waals surface area contributed by atoms with E-state index in [4.69, 9.17) is 0 Å². The van der Waals surface area contributed by atoms with Crippen molar-refractivity contribution in [1.82, 2.24) is 5.32 Å². The molecule has 6 heteroatoms. The zero-order chi connectivity index (χ0) is 22.0. The Hall–Kier alpha value is -3.15. The highest BCUT2D eigenvalue weighted by atomic mass is 16.2. The first-order valence-electron chi connectivity index (χ1n) is 11.0. The van der Waals surface area contributed by atoms with Crippen LogP contribution in [0.25, 0.3) is 0 Å². The normalized spacial score (nSPS) is 19.0. The Labute approximate surface area is 183 Å². The van der Waals surface area contributed by atoms with Gasteiger partial charge < -0.3 is 15.5 Å². The van der Waals surface area contributed by atoms with E-state index in [9.17, 15) is 14.4 Å². The predicted octanol–water partition coefficient (Wildman–Crippen LogP) is 3.97. The molecule has 0 radical (unpaired) electrons. The highest BCUT2D eigenvalue weighted by Crippen LogP contribution is 2.28. The minimum absolute atomic E-state index is 0.0596. The second-order valence-corrected chi connectivity index (χ2v) is 8.66. The number of rotatable bonds is 5. The fourth-order valence-corrected chi connectivity index (χ4v) is 4.38. The Morgan fingerprint density at radius 2 is 1.74 bits per heavy atom. The van der Waals surface area contributed by atoms with E-state index in [0.717, 1.165) is 42.5 Å². The van der Waals surface area contributed by atoms with Gasteiger partial charge in [-0.3, -0.25) is 14.4 Å². The lowest BCUT2D eigenvalue weighted by Gasteiger charge is -2.18. The third-order valence-corrected chi connectivity index (χ3v) is 6.42. The highest BCUT2D eigenvalue weighted by Gasteiger charge is 2.35. The number of aryl methyl sites for hydroxylation is 2. The van der Waals surface area contributed by atoms with Gasteiger partial charge in [0.15, 0.2) is 0 Å². The topological polar surface area (TPSA) is 78.5 Å². The lowest BCUT2D eigenvalue weighted by atomic mass is 10.1. The maximum Gasteiger partial charge on any atom is 0.253 e. The fourth-order valence-electron chi connectivity index (χ4n) is 4.38. The van der Waals surface area contributed by atoms with Crippen LogP contribution >= 0.6 is 0 Å². The summed E-state index contributed by atoms with van der Waals surface area (Å²) in [6, 6.07) is 13.1. The van der Waals surface area contributed by atoms with E-state index in [1.165, 1.54) is 0 Å². The van der Waals surface area contributed by atoms with Crippen LogP contribution in [0.5, 0.6) is 0 Å². The summed E-state index contributed by atoms with van der Waals surface area (Å²) >= 11 is 0. The van der Waals surface area contributed by atoms with Crippen LogP contribution in [-0.4, -0.2) is 30.3 Å². The summed E-state index contributed by atoms with van der Waals surface area (Å²) in [6.45, 7) is 4.38. The van der Waals surface area contributed by atoms with Gasteiger partial charge in [0, 0.05) is 24.7 Å². The van der Waals surface area contributed by atoms with Crippen molar-refractivity contribution in [3.63, 3.8) is 0 Å². The molecular weight excluding hydrogens is 390 g/mol. The molecular formula is C25H29N3O3. The number of para-hydroxylation sites is 1. The van der Waals surface area contributed by atoms with Crippen LogP contribution in [0, 0.1) is 19.8 Å². The van der Waals surface area contributed by atoms with E-state index in [1.807, 2.05) is 32.0 Å². The minimum Gasteiger partial charge on any atom is -0.349 e. The third kappa shape index (κ3) is 4.63. The Morgan fingerprint density at radius 3 is 2.48 bits per heavy atom. The molecule has 6 nitrogen and oxygen atoms in total. The average Bonchev–Trinajstić information content (AvgIpc) is 3.40. The van der Waals surface area contributed by atoms with E-state index in [0.29, 0.717) is 17.8 Å². The highest BCUT2D eigenvalue weighted by molar-refractivity contribution is 6.07. The maximum atomic E-state index is 13.0. The van der Waals surface area contributed by atoms with E-state index < -0.39 is 5.92 Å². The van der Waals surface area contributed by atoms with E-state index >= 15 is 0 Å². The number of benzene rings is 2. The number of hydrogen-bond donors (Lipinski definition) is 2. The second-order valence-electron chi connectivity index (χ2n) is 8.66. The molecule has 2 fully saturated rings. The number of hydrogen-bond acceptors (Lipinski definition) is 3. The molecule has 2 N–H and O–H groups in total. The SMILES string of the molecule is Cc1ccc(N2C[C@H](C(=O)Nc3ccccc3C(=O)NC3CCCC3)CC2=O)cc1C.